The SMILES string of the molecule is CC1(C)OC=C(CC[N+](=O)[O-])O1. The van der Waals surface area contributed by atoms with Crippen LogP contribution in [0.4, 0.5) is 0 Å². The molecule has 0 aromatic heterocycles. The quantitative estimate of drug-likeness (QED) is 0.476. The van der Waals surface area contributed by atoms with Crippen LogP contribution in [0.2, 0.25) is 0 Å². The van der Waals surface area contributed by atoms with Crippen LogP contribution in [0.15, 0.2) is 12.0 Å². The van der Waals surface area contributed by atoms with Crippen LogP contribution in [0.1, 0.15) is 20.3 Å². The Morgan fingerprint density at radius 1 is 1.67 bits per heavy atom. The molecule has 0 N–H and O–H groups in total. The van der Waals surface area contributed by atoms with Crippen molar-refractivity contribution in [3.63, 3.8) is 0 Å². The van der Waals surface area contributed by atoms with Crippen molar-refractivity contribution < 1.29 is 14.4 Å². The second-order valence-corrected chi connectivity index (χ2v) is 3.01. The number of nitrogens with zero attached hydrogens (tertiary/aromatic N) is 1. The Labute approximate surface area is 70.1 Å². The molecule has 0 bridgehead atoms. The van der Waals surface area contributed by atoms with E-state index in [1.54, 1.807) is 13.8 Å². The van der Waals surface area contributed by atoms with Gasteiger partial charge in [0.2, 0.25) is 12.3 Å². The summed E-state index contributed by atoms with van der Waals surface area (Å²) in [6.45, 7) is 3.39. The maximum atomic E-state index is 10.00. The first-order chi connectivity index (χ1) is 5.49. The van der Waals surface area contributed by atoms with Gasteiger partial charge in [-0.2, -0.15) is 0 Å². The van der Waals surface area contributed by atoms with E-state index < -0.39 is 5.79 Å². The normalized spacial score (nSPS) is 19.3. The molecule has 0 fully saturated rings. The van der Waals surface area contributed by atoms with Gasteiger partial charge in [0.05, 0.1) is 6.42 Å². The Hall–Kier alpha value is -1.26. The zero-order chi connectivity index (χ0) is 9.19. The van der Waals surface area contributed by atoms with E-state index >= 15 is 0 Å². The van der Waals surface area contributed by atoms with E-state index in [1.807, 2.05) is 0 Å². The van der Waals surface area contributed by atoms with Crippen LogP contribution in [0.25, 0.3) is 0 Å². The van der Waals surface area contributed by atoms with Crippen molar-refractivity contribution in [1.29, 1.82) is 0 Å². The highest BCUT2D eigenvalue weighted by atomic mass is 16.7. The average Bonchev–Trinajstić information content (AvgIpc) is 2.26. The summed E-state index contributed by atoms with van der Waals surface area (Å²) in [5.41, 5.74) is 0. The molecule has 0 radical (unpaired) electrons. The molecule has 5 nitrogen and oxygen atoms in total. The summed E-state index contributed by atoms with van der Waals surface area (Å²) in [5.74, 6) is -0.122. The molecule has 0 spiro atoms. The number of nitro groups is 1. The standard InChI is InChI=1S/C7H11NO4/c1-7(2)11-5-6(12-7)3-4-8(9)10/h5H,3-4H2,1-2H3. The predicted octanol–water partition coefficient (Wildman–Crippen LogP) is 1.28. The third kappa shape index (κ3) is 2.41. The van der Waals surface area contributed by atoms with Crippen molar-refractivity contribution in [2.24, 2.45) is 0 Å². The van der Waals surface area contributed by atoms with E-state index in [0.717, 1.165) is 0 Å². The van der Waals surface area contributed by atoms with Gasteiger partial charge >= 0.3 is 0 Å². The minimum atomic E-state index is -0.661. The van der Waals surface area contributed by atoms with Gasteiger partial charge in [0.1, 0.15) is 12.0 Å². The van der Waals surface area contributed by atoms with Gasteiger partial charge in [-0.05, 0) is 0 Å². The van der Waals surface area contributed by atoms with E-state index in [0.29, 0.717) is 5.76 Å². The van der Waals surface area contributed by atoms with Crippen LogP contribution in [0.3, 0.4) is 0 Å². The molecule has 0 aromatic rings. The molecule has 1 heterocycles. The molecule has 68 valence electrons. The lowest BCUT2D eigenvalue weighted by Crippen LogP contribution is -2.20. The van der Waals surface area contributed by atoms with Crippen molar-refractivity contribution in [3.05, 3.63) is 22.1 Å². The van der Waals surface area contributed by atoms with Crippen molar-refractivity contribution in [2.45, 2.75) is 26.1 Å². The Balaban J connectivity index is 2.33. The largest absolute Gasteiger partial charge is 0.457 e. The van der Waals surface area contributed by atoms with Gasteiger partial charge in [0.25, 0.3) is 0 Å². The van der Waals surface area contributed by atoms with Crippen molar-refractivity contribution in [1.82, 2.24) is 0 Å². The van der Waals surface area contributed by atoms with Crippen molar-refractivity contribution in [3.8, 4) is 0 Å². The van der Waals surface area contributed by atoms with Crippen molar-refractivity contribution in [2.75, 3.05) is 6.54 Å². The molecule has 0 saturated heterocycles. The molecule has 1 rings (SSSR count). The lowest BCUT2D eigenvalue weighted by molar-refractivity contribution is -0.479. The second kappa shape index (κ2) is 3.00. The zero-order valence-corrected chi connectivity index (χ0v) is 7.07. The number of rotatable bonds is 3. The molecular weight excluding hydrogens is 162 g/mol. The smallest absolute Gasteiger partial charge is 0.244 e. The molecule has 0 atom stereocenters. The van der Waals surface area contributed by atoms with E-state index in [1.165, 1.54) is 6.26 Å². The molecule has 0 amide bonds. The van der Waals surface area contributed by atoms with Gasteiger partial charge in [-0.3, -0.25) is 10.1 Å². The maximum absolute atomic E-state index is 10.00. The van der Waals surface area contributed by atoms with Gasteiger partial charge in [0.15, 0.2) is 0 Å². The molecule has 12 heavy (non-hydrogen) atoms. The first-order valence-electron chi connectivity index (χ1n) is 3.67. The highest BCUT2D eigenvalue weighted by Gasteiger charge is 2.27. The van der Waals surface area contributed by atoms with Crippen LogP contribution in [-0.4, -0.2) is 17.3 Å². The van der Waals surface area contributed by atoms with E-state index in [-0.39, 0.29) is 17.9 Å². The van der Waals surface area contributed by atoms with E-state index in [9.17, 15) is 10.1 Å². The molecule has 0 aliphatic carbocycles. The van der Waals surface area contributed by atoms with Gasteiger partial charge < -0.3 is 9.47 Å². The third-order valence-corrected chi connectivity index (χ3v) is 1.39. The second-order valence-electron chi connectivity index (χ2n) is 3.01. The zero-order valence-electron chi connectivity index (χ0n) is 7.07. The monoisotopic (exact) mass is 173 g/mol. The minimum Gasteiger partial charge on any atom is -0.457 e. The summed E-state index contributed by atoms with van der Waals surface area (Å²) in [6, 6.07) is 0. The topological polar surface area (TPSA) is 61.6 Å². The number of hydrogen-bond donors (Lipinski definition) is 0. The summed E-state index contributed by atoms with van der Waals surface area (Å²) < 4.78 is 10.3. The molecule has 0 aromatic carbocycles. The Bertz CT molecular complexity index is 221. The lowest BCUT2D eigenvalue weighted by atomic mass is 10.3. The molecule has 0 unspecified atom stereocenters. The fraction of sp³-hybridized carbons (Fsp3) is 0.714. The first kappa shape index (κ1) is 8.83. The summed E-state index contributed by atoms with van der Waals surface area (Å²) in [7, 11) is 0. The van der Waals surface area contributed by atoms with E-state index in [4.69, 9.17) is 9.47 Å². The lowest BCUT2D eigenvalue weighted by Gasteiger charge is -2.17. The summed E-state index contributed by atoms with van der Waals surface area (Å²) in [6.07, 6.45) is 1.72. The van der Waals surface area contributed by atoms with Crippen molar-refractivity contribution >= 4 is 0 Å². The highest BCUT2D eigenvalue weighted by molar-refractivity contribution is 4.94. The fourth-order valence-electron chi connectivity index (χ4n) is 0.883. The van der Waals surface area contributed by atoms with Crippen LogP contribution < -0.4 is 0 Å². The van der Waals surface area contributed by atoms with Crippen LogP contribution in [0.5, 0.6) is 0 Å². The van der Waals surface area contributed by atoms with Gasteiger partial charge in [-0.25, -0.2) is 0 Å². The van der Waals surface area contributed by atoms with Crippen LogP contribution >= 0.6 is 0 Å². The summed E-state index contributed by atoms with van der Waals surface area (Å²) >= 11 is 0. The van der Waals surface area contributed by atoms with Gasteiger partial charge in [-0.1, -0.05) is 0 Å². The molecule has 5 heteroatoms. The molecule has 1 aliphatic heterocycles. The van der Waals surface area contributed by atoms with Crippen LogP contribution in [-0.2, 0) is 9.47 Å². The Morgan fingerprint density at radius 2 is 2.33 bits per heavy atom. The van der Waals surface area contributed by atoms with E-state index in [2.05, 4.69) is 0 Å². The number of ether oxygens (including phenoxy) is 2. The average molecular weight is 173 g/mol. The third-order valence-electron chi connectivity index (χ3n) is 1.39. The summed E-state index contributed by atoms with van der Waals surface area (Å²) in [5, 5.41) is 10.00. The molecule has 0 saturated carbocycles. The number of hydrogen-bond acceptors (Lipinski definition) is 4. The molecule has 1 aliphatic rings. The Morgan fingerprint density at radius 3 is 2.75 bits per heavy atom. The highest BCUT2D eigenvalue weighted by Crippen LogP contribution is 2.25. The Kier molecular flexibility index (Phi) is 2.21. The maximum Gasteiger partial charge on any atom is 0.244 e. The first-order valence-corrected chi connectivity index (χ1v) is 3.67. The fourth-order valence-corrected chi connectivity index (χ4v) is 0.883. The van der Waals surface area contributed by atoms with Crippen LogP contribution in [0, 0.1) is 10.1 Å². The van der Waals surface area contributed by atoms with Gasteiger partial charge in [-0.15, -0.1) is 0 Å². The summed E-state index contributed by atoms with van der Waals surface area (Å²) in [4.78, 5) is 9.62. The molecular formula is C7H11NO4. The predicted molar refractivity (Wildman–Crippen MR) is 40.8 cm³/mol. The van der Waals surface area contributed by atoms with Gasteiger partial charge in [0, 0.05) is 18.8 Å². The minimum absolute atomic E-state index is 0.120.